The van der Waals surface area contributed by atoms with Gasteiger partial charge in [-0.1, -0.05) is 6.07 Å². The second kappa shape index (κ2) is 6.98. The topological polar surface area (TPSA) is 110 Å². The maximum atomic E-state index is 12.8. The number of benzene rings is 1. The summed E-state index contributed by atoms with van der Waals surface area (Å²) in [6.07, 6.45) is 1.17. The zero-order valence-corrected chi connectivity index (χ0v) is 15.6. The molecule has 0 aromatic heterocycles. The van der Waals surface area contributed by atoms with Crippen LogP contribution in [0, 0.1) is 0 Å². The van der Waals surface area contributed by atoms with Crippen LogP contribution in [-0.2, 0) is 19.6 Å². The Hall–Kier alpha value is -1.97. The number of likely N-dealkylation sites (tertiary alicyclic amines) is 1. The van der Waals surface area contributed by atoms with Gasteiger partial charge in [-0.25, -0.2) is 13.6 Å². The van der Waals surface area contributed by atoms with Crippen LogP contribution in [0.5, 0.6) is 0 Å². The normalized spacial score (nSPS) is 23.8. The van der Waals surface area contributed by atoms with Crippen molar-refractivity contribution >= 4 is 21.8 Å². The lowest BCUT2D eigenvalue weighted by atomic mass is 10.1. The number of methoxy groups -OCH3 is 1. The molecule has 0 spiro atoms. The molecule has 2 unspecified atom stereocenters. The molecule has 2 aliphatic heterocycles. The van der Waals surface area contributed by atoms with Crippen LogP contribution in [-0.4, -0.2) is 68.4 Å². The van der Waals surface area contributed by atoms with Gasteiger partial charge in [-0.15, -0.1) is 0 Å². The third kappa shape index (κ3) is 3.46. The first-order valence-electron chi connectivity index (χ1n) is 8.49. The minimum Gasteiger partial charge on any atom is -0.372 e. The Morgan fingerprint density at radius 1 is 1.23 bits per heavy atom. The molecule has 1 aromatic carbocycles. The monoisotopic (exact) mass is 381 g/mol. The van der Waals surface area contributed by atoms with Gasteiger partial charge >= 0.3 is 0 Å². The van der Waals surface area contributed by atoms with Crippen LogP contribution in [0.1, 0.15) is 30.1 Å². The molecule has 2 bridgehead atoms. The maximum absolute atomic E-state index is 12.8. The second-order valence-corrected chi connectivity index (χ2v) is 8.35. The fraction of sp³-hybridized carbons (Fsp3) is 0.529. The van der Waals surface area contributed by atoms with E-state index in [1.165, 1.54) is 25.3 Å². The molecule has 2 fully saturated rings. The molecule has 0 aliphatic carbocycles. The van der Waals surface area contributed by atoms with Crippen molar-refractivity contribution < 1.29 is 22.7 Å². The van der Waals surface area contributed by atoms with E-state index in [1.807, 2.05) is 4.90 Å². The number of amides is 2. The maximum Gasteiger partial charge on any atom is 0.254 e. The highest BCUT2D eigenvalue weighted by Crippen LogP contribution is 2.31. The number of sulfonamides is 1. The van der Waals surface area contributed by atoms with Crippen LogP contribution in [0.25, 0.3) is 0 Å². The van der Waals surface area contributed by atoms with Crippen LogP contribution < -0.4 is 5.14 Å². The lowest BCUT2D eigenvalue weighted by molar-refractivity contribution is -0.146. The predicted octanol–water partition coefficient (Wildman–Crippen LogP) is 0.184. The van der Waals surface area contributed by atoms with E-state index in [0.717, 1.165) is 12.8 Å². The summed E-state index contributed by atoms with van der Waals surface area (Å²) in [5.74, 6) is -0.303. The second-order valence-electron chi connectivity index (χ2n) is 6.79. The minimum atomic E-state index is -3.87. The molecule has 2 aliphatic rings. The van der Waals surface area contributed by atoms with Crippen molar-refractivity contribution in [3.8, 4) is 0 Å². The summed E-state index contributed by atoms with van der Waals surface area (Å²) >= 11 is 0. The average molecular weight is 381 g/mol. The molecular formula is C17H23N3O5S. The third-order valence-corrected chi connectivity index (χ3v) is 6.05. The van der Waals surface area contributed by atoms with Crippen molar-refractivity contribution in [1.82, 2.24) is 9.80 Å². The summed E-state index contributed by atoms with van der Waals surface area (Å²) in [6.45, 7) is 2.58. The molecule has 0 saturated carbocycles. The van der Waals surface area contributed by atoms with E-state index in [9.17, 15) is 18.0 Å². The van der Waals surface area contributed by atoms with E-state index in [0.29, 0.717) is 13.1 Å². The Balaban J connectivity index is 1.77. The van der Waals surface area contributed by atoms with Crippen LogP contribution >= 0.6 is 0 Å². The number of ether oxygens (including phenoxy) is 1. The Morgan fingerprint density at radius 2 is 1.85 bits per heavy atom. The summed E-state index contributed by atoms with van der Waals surface area (Å²) in [6, 6.07) is 5.65. The molecule has 8 nitrogen and oxygen atoms in total. The van der Waals surface area contributed by atoms with Gasteiger partial charge in [0.05, 0.1) is 4.90 Å². The van der Waals surface area contributed by atoms with Crippen molar-refractivity contribution in [1.29, 1.82) is 0 Å². The zero-order valence-electron chi connectivity index (χ0n) is 14.8. The number of hydrogen-bond donors (Lipinski definition) is 1. The Morgan fingerprint density at radius 3 is 2.38 bits per heavy atom. The van der Waals surface area contributed by atoms with Crippen molar-refractivity contribution in [2.75, 3.05) is 20.2 Å². The fourth-order valence-corrected chi connectivity index (χ4v) is 4.29. The van der Waals surface area contributed by atoms with Crippen LogP contribution in [0.15, 0.2) is 29.2 Å². The van der Waals surface area contributed by atoms with Crippen molar-refractivity contribution in [2.24, 2.45) is 5.14 Å². The quantitative estimate of drug-likeness (QED) is 0.800. The fourth-order valence-electron chi connectivity index (χ4n) is 3.73. The average Bonchev–Trinajstić information content (AvgIpc) is 2.88. The van der Waals surface area contributed by atoms with Crippen molar-refractivity contribution in [3.05, 3.63) is 29.8 Å². The van der Waals surface area contributed by atoms with Gasteiger partial charge in [0.2, 0.25) is 10.0 Å². The number of fused-ring (bicyclic) bond motifs is 2. The molecular weight excluding hydrogens is 358 g/mol. The van der Waals surface area contributed by atoms with Gasteiger partial charge in [0.1, 0.15) is 6.10 Å². The largest absolute Gasteiger partial charge is 0.372 e. The van der Waals surface area contributed by atoms with E-state index in [4.69, 9.17) is 9.88 Å². The van der Waals surface area contributed by atoms with Crippen LogP contribution in [0.2, 0.25) is 0 Å². The minimum absolute atomic E-state index is 0.0378. The molecule has 3 rings (SSSR count). The molecule has 9 heteroatoms. The number of primary sulfonamides is 1. The number of carbonyl (C=O) groups is 2. The number of rotatable bonds is 4. The highest BCUT2D eigenvalue weighted by molar-refractivity contribution is 7.89. The summed E-state index contributed by atoms with van der Waals surface area (Å²) < 4.78 is 28.1. The Labute approximate surface area is 152 Å². The first-order chi connectivity index (χ1) is 12.2. The van der Waals surface area contributed by atoms with E-state index in [2.05, 4.69) is 0 Å². The third-order valence-electron chi connectivity index (χ3n) is 5.13. The van der Waals surface area contributed by atoms with Gasteiger partial charge in [-0.3, -0.25) is 9.59 Å². The molecule has 3 atom stereocenters. The van der Waals surface area contributed by atoms with Gasteiger partial charge in [0, 0.05) is 37.8 Å². The van der Waals surface area contributed by atoms with Crippen molar-refractivity contribution in [3.63, 3.8) is 0 Å². The lowest BCUT2D eigenvalue weighted by Gasteiger charge is -2.42. The van der Waals surface area contributed by atoms with E-state index < -0.39 is 16.1 Å². The van der Waals surface area contributed by atoms with Crippen LogP contribution in [0.4, 0.5) is 0 Å². The van der Waals surface area contributed by atoms with Gasteiger partial charge < -0.3 is 14.5 Å². The Kier molecular flexibility index (Phi) is 5.05. The smallest absolute Gasteiger partial charge is 0.254 e. The molecule has 142 valence electrons. The number of nitrogens with zero attached hydrogens (tertiary/aromatic N) is 2. The molecule has 0 radical (unpaired) electrons. The number of carbonyl (C=O) groups excluding carboxylic acids is 2. The van der Waals surface area contributed by atoms with Gasteiger partial charge in [0.25, 0.3) is 11.8 Å². The standard InChI is InChI=1S/C17H23N3O5S/c1-11(25-2)16(21)20-13-6-7-14(20)10-19(9-13)17(22)12-4-3-5-15(8-12)26(18,23)24/h3-5,8,11,13-14H,6-7,9-10H2,1-2H3,(H2,18,23,24)/t11-,13?,14?/m1/s1. The van der Waals surface area contributed by atoms with Gasteiger partial charge in [0.15, 0.2) is 0 Å². The van der Waals surface area contributed by atoms with Gasteiger partial charge in [-0.2, -0.15) is 0 Å². The van der Waals surface area contributed by atoms with E-state index in [-0.39, 0.29) is 34.4 Å². The summed E-state index contributed by atoms with van der Waals surface area (Å²) in [5.41, 5.74) is 0.279. The van der Waals surface area contributed by atoms with Crippen molar-refractivity contribution in [2.45, 2.75) is 42.8 Å². The summed E-state index contributed by atoms with van der Waals surface area (Å²) in [7, 11) is -2.37. The van der Waals surface area contributed by atoms with Gasteiger partial charge in [-0.05, 0) is 38.0 Å². The van der Waals surface area contributed by atoms with E-state index >= 15 is 0 Å². The molecule has 2 saturated heterocycles. The summed E-state index contributed by atoms with van der Waals surface area (Å²) in [5, 5.41) is 5.14. The number of nitrogens with two attached hydrogens (primary N) is 1. The highest BCUT2D eigenvalue weighted by atomic mass is 32.2. The number of piperazine rings is 1. The lowest BCUT2D eigenvalue weighted by Crippen LogP contribution is -2.58. The Bertz CT molecular complexity index is 811. The van der Waals surface area contributed by atoms with E-state index in [1.54, 1.807) is 17.9 Å². The molecule has 1 aromatic rings. The molecule has 2 amide bonds. The predicted molar refractivity (Wildman–Crippen MR) is 93.8 cm³/mol. The molecule has 2 heterocycles. The van der Waals surface area contributed by atoms with Crippen LogP contribution in [0.3, 0.4) is 0 Å². The zero-order chi connectivity index (χ0) is 19.1. The molecule has 2 N–H and O–H groups in total. The number of hydrogen-bond acceptors (Lipinski definition) is 5. The SMILES string of the molecule is CO[C@H](C)C(=O)N1C2CCC1CN(C(=O)c1cccc(S(N)(=O)=O)c1)C2. The first kappa shape index (κ1) is 18.8. The first-order valence-corrected chi connectivity index (χ1v) is 10.0. The highest BCUT2D eigenvalue weighted by Gasteiger charge is 2.44. The summed E-state index contributed by atoms with van der Waals surface area (Å²) in [4.78, 5) is 28.8. The molecule has 26 heavy (non-hydrogen) atoms.